The van der Waals surface area contributed by atoms with Gasteiger partial charge in [0, 0.05) is 19.3 Å². The molecule has 0 aliphatic carbocycles. The molecule has 160 valence electrons. The number of aryl methyl sites for hydroxylation is 1. The fourth-order valence-corrected chi connectivity index (χ4v) is 3.78. The number of hydroxylamine groups is 2. The van der Waals surface area contributed by atoms with Crippen LogP contribution in [0.1, 0.15) is 26.5 Å². The third-order valence-electron chi connectivity index (χ3n) is 5.46. The number of nitrogens with zero attached hydrogens (tertiary/aromatic N) is 3. The van der Waals surface area contributed by atoms with E-state index >= 15 is 0 Å². The van der Waals surface area contributed by atoms with Crippen LogP contribution in [0.2, 0.25) is 0 Å². The molecule has 1 aliphatic rings. The number of likely N-dealkylation sites (N-methyl/N-ethyl adjacent to an activating group) is 1. The van der Waals surface area contributed by atoms with Crippen molar-refractivity contribution >= 4 is 17.6 Å². The molecule has 4 rings (SSSR count). The monoisotopic (exact) mass is 419 g/mol. The van der Waals surface area contributed by atoms with E-state index in [9.17, 15) is 9.59 Å². The Labute approximate surface area is 181 Å². The molecule has 0 saturated carbocycles. The molecule has 3 aromatic rings. The predicted molar refractivity (Wildman–Crippen MR) is 117 cm³/mol. The van der Waals surface area contributed by atoms with Crippen molar-refractivity contribution < 1.29 is 18.8 Å². The van der Waals surface area contributed by atoms with Gasteiger partial charge in [0.15, 0.2) is 5.76 Å². The number of rotatable bonds is 5. The van der Waals surface area contributed by atoms with Gasteiger partial charge in [-0.3, -0.25) is 4.79 Å². The molecule has 1 fully saturated rings. The summed E-state index contributed by atoms with van der Waals surface area (Å²) in [6.45, 7) is 3.50. The van der Waals surface area contributed by atoms with Crippen molar-refractivity contribution in [2.75, 3.05) is 31.6 Å². The molecule has 0 radical (unpaired) electrons. The molecule has 1 aromatic heterocycles. The molecule has 0 spiro atoms. The van der Waals surface area contributed by atoms with Crippen molar-refractivity contribution in [1.29, 1.82) is 0 Å². The smallest absolute Gasteiger partial charge is 0.357 e. The van der Waals surface area contributed by atoms with E-state index in [-0.39, 0.29) is 17.8 Å². The van der Waals surface area contributed by atoms with Gasteiger partial charge in [-0.25, -0.2) is 4.79 Å². The van der Waals surface area contributed by atoms with E-state index in [0.717, 1.165) is 11.3 Å². The Kier molecular flexibility index (Phi) is 6.04. The van der Waals surface area contributed by atoms with Crippen LogP contribution in [0.4, 0.5) is 5.69 Å². The molecule has 0 N–H and O–H groups in total. The minimum Gasteiger partial charge on any atom is -0.459 e. The largest absolute Gasteiger partial charge is 0.459 e. The number of amides is 1. The Hall–Kier alpha value is -3.58. The first-order valence-electron chi connectivity index (χ1n) is 10.2. The fraction of sp³-hybridized carbons (Fsp3) is 0.250. The molecule has 1 amide bonds. The van der Waals surface area contributed by atoms with Crippen molar-refractivity contribution in [3.8, 4) is 0 Å². The second kappa shape index (κ2) is 9.06. The number of hydrogen-bond acceptors (Lipinski definition) is 6. The van der Waals surface area contributed by atoms with Gasteiger partial charge >= 0.3 is 5.97 Å². The molecule has 1 aliphatic heterocycles. The Morgan fingerprint density at radius 2 is 1.74 bits per heavy atom. The van der Waals surface area contributed by atoms with Gasteiger partial charge < -0.3 is 19.1 Å². The lowest BCUT2D eigenvalue weighted by Crippen LogP contribution is -2.61. The van der Waals surface area contributed by atoms with Crippen LogP contribution in [0.15, 0.2) is 77.4 Å². The number of anilines is 1. The summed E-state index contributed by atoms with van der Waals surface area (Å²) in [5.41, 5.74) is 2.64. The SMILES string of the molecule is Cc1ccccc1N1CCN(OC(=O)c2ccccc2)CC1N(C)C(=O)c1ccco1. The van der Waals surface area contributed by atoms with Gasteiger partial charge in [0.05, 0.1) is 24.9 Å². The highest BCUT2D eigenvalue weighted by Crippen LogP contribution is 2.26. The molecule has 0 bridgehead atoms. The maximum Gasteiger partial charge on any atom is 0.357 e. The third kappa shape index (κ3) is 4.46. The fourth-order valence-electron chi connectivity index (χ4n) is 3.78. The molecular weight excluding hydrogens is 394 g/mol. The first kappa shape index (κ1) is 20.7. The number of benzene rings is 2. The summed E-state index contributed by atoms with van der Waals surface area (Å²) in [5.74, 6) is -0.376. The zero-order valence-electron chi connectivity index (χ0n) is 17.6. The summed E-state index contributed by atoms with van der Waals surface area (Å²) < 4.78 is 5.31. The standard InChI is InChI=1S/C24H25N3O4/c1-18-9-6-7-12-20(18)27-15-14-26(31-24(29)19-10-4-3-5-11-19)17-22(27)25(2)23(28)21-13-8-16-30-21/h3-13,16,22H,14-15,17H2,1-2H3. The van der Waals surface area contributed by atoms with E-state index in [2.05, 4.69) is 4.90 Å². The predicted octanol–water partition coefficient (Wildman–Crippen LogP) is 3.58. The van der Waals surface area contributed by atoms with Gasteiger partial charge in [-0.05, 0) is 42.8 Å². The minimum atomic E-state index is -0.413. The minimum absolute atomic E-state index is 0.232. The van der Waals surface area contributed by atoms with Crippen LogP contribution in [0.25, 0.3) is 0 Å². The van der Waals surface area contributed by atoms with E-state index in [1.165, 1.54) is 6.26 Å². The van der Waals surface area contributed by atoms with Crippen LogP contribution in [-0.4, -0.2) is 54.7 Å². The average molecular weight is 419 g/mol. The topological polar surface area (TPSA) is 66.2 Å². The first-order chi connectivity index (χ1) is 15.0. The quantitative estimate of drug-likeness (QED) is 0.630. The first-order valence-corrected chi connectivity index (χ1v) is 10.2. The zero-order chi connectivity index (χ0) is 21.8. The molecule has 1 saturated heterocycles. The lowest BCUT2D eigenvalue weighted by Gasteiger charge is -2.45. The number of furan rings is 1. The molecule has 1 atom stereocenters. The lowest BCUT2D eigenvalue weighted by molar-refractivity contribution is -0.126. The number of carbonyl (C=O) groups is 2. The summed E-state index contributed by atoms with van der Waals surface area (Å²) >= 11 is 0. The molecule has 1 unspecified atom stereocenters. The van der Waals surface area contributed by atoms with Gasteiger partial charge in [0.25, 0.3) is 5.91 Å². The maximum atomic E-state index is 13.0. The Morgan fingerprint density at radius 1 is 1.00 bits per heavy atom. The van der Waals surface area contributed by atoms with Gasteiger partial charge in [0.2, 0.25) is 0 Å². The van der Waals surface area contributed by atoms with Crippen LogP contribution < -0.4 is 4.90 Å². The number of piperazine rings is 1. The Balaban J connectivity index is 1.57. The van der Waals surface area contributed by atoms with E-state index in [1.54, 1.807) is 53.4 Å². The number of hydrogen-bond donors (Lipinski definition) is 0. The maximum absolute atomic E-state index is 13.0. The van der Waals surface area contributed by atoms with Gasteiger partial charge in [-0.2, -0.15) is 0 Å². The highest BCUT2D eigenvalue weighted by atomic mass is 16.7. The van der Waals surface area contributed by atoms with Crippen molar-refractivity contribution in [3.63, 3.8) is 0 Å². The lowest BCUT2D eigenvalue weighted by atomic mass is 10.1. The Morgan fingerprint density at radius 3 is 2.45 bits per heavy atom. The molecule has 7 nitrogen and oxygen atoms in total. The summed E-state index contributed by atoms with van der Waals surface area (Å²) in [5, 5.41) is 1.63. The van der Waals surface area contributed by atoms with Crippen molar-refractivity contribution in [2.24, 2.45) is 0 Å². The Bertz CT molecular complexity index is 1040. The molecule has 2 aromatic carbocycles. The van der Waals surface area contributed by atoms with Crippen LogP contribution >= 0.6 is 0 Å². The highest BCUT2D eigenvalue weighted by Gasteiger charge is 2.35. The molecule has 2 heterocycles. The normalized spacial score (nSPS) is 16.7. The third-order valence-corrected chi connectivity index (χ3v) is 5.46. The second-order valence-corrected chi connectivity index (χ2v) is 7.49. The molecular formula is C24H25N3O4. The summed E-state index contributed by atoms with van der Waals surface area (Å²) in [6.07, 6.45) is 1.13. The van der Waals surface area contributed by atoms with E-state index in [1.807, 2.05) is 37.3 Å². The zero-order valence-corrected chi connectivity index (χ0v) is 17.6. The van der Waals surface area contributed by atoms with Crippen LogP contribution in [0.3, 0.4) is 0 Å². The second-order valence-electron chi connectivity index (χ2n) is 7.49. The van der Waals surface area contributed by atoms with Gasteiger partial charge in [0.1, 0.15) is 6.17 Å². The van der Waals surface area contributed by atoms with Crippen molar-refractivity contribution in [1.82, 2.24) is 9.96 Å². The molecule has 31 heavy (non-hydrogen) atoms. The highest BCUT2D eigenvalue weighted by molar-refractivity contribution is 5.92. The van der Waals surface area contributed by atoms with Crippen LogP contribution in [0.5, 0.6) is 0 Å². The van der Waals surface area contributed by atoms with E-state index in [4.69, 9.17) is 9.25 Å². The van der Waals surface area contributed by atoms with Crippen molar-refractivity contribution in [2.45, 2.75) is 13.1 Å². The van der Waals surface area contributed by atoms with Crippen LogP contribution in [-0.2, 0) is 4.84 Å². The summed E-state index contributed by atoms with van der Waals surface area (Å²) in [4.78, 5) is 35.0. The average Bonchev–Trinajstić information content (AvgIpc) is 3.34. The number of carbonyl (C=O) groups excluding carboxylic acids is 2. The van der Waals surface area contributed by atoms with E-state index < -0.39 is 5.97 Å². The van der Waals surface area contributed by atoms with Crippen LogP contribution in [0, 0.1) is 6.92 Å². The van der Waals surface area contributed by atoms with Gasteiger partial charge in [-0.1, -0.05) is 36.4 Å². The van der Waals surface area contributed by atoms with Crippen molar-refractivity contribution in [3.05, 3.63) is 89.9 Å². The van der Waals surface area contributed by atoms with Gasteiger partial charge in [-0.15, -0.1) is 5.06 Å². The van der Waals surface area contributed by atoms with E-state index in [0.29, 0.717) is 25.2 Å². The summed E-state index contributed by atoms with van der Waals surface area (Å²) in [6, 6.07) is 20.3. The molecule has 7 heteroatoms. The summed E-state index contributed by atoms with van der Waals surface area (Å²) in [7, 11) is 1.74. The number of para-hydroxylation sites is 1.